The van der Waals surface area contributed by atoms with Gasteiger partial charge in [0.2, 0.25) is 0 Å². The Morgan fingerprint density at radius 1 is 0.933 bits per heavy atom. The van der Waals surface area contributed by atoms with Gasteiger partial charge in [0.1, 0.15) is 0 Å². The number of hydrogen-bond donors (Lipinski definition) is 3. The van der Waals surface area contributed by atoms with Crippen LogP contribution in [0.25, 0.3) is 0 Å². The van der Waals surface area contributed by atoms with Crippen LogP contribution >= 0.6 is 0 Å². The van der Waals surface area contributed by atoms with Gasteiger partial charge in [0.15, 0.2) is 0 Å². The molecule has 4 N–H and O–H groups in total. The molecule has 0 bridgehead atoms. The SMILES string of the molecule is CC(C)CCC[C@@H](C)[C@H]1CC[C@H]2[C@@H]3CC(O)C4(N)CC(O)CC[C@]4(C)[C@H]3CC[C@]12C. The van der Waals surface area contributed by atoms with Crippen LogP contribution in [-0.2, 0) is 0 Å². The molecular weight excluding hydrogens is 370 g/mol. The van der Waals surface area contributed by atoms with Gasteiger partial charge in [0.05, 0.1) is 12.2 Å². The molecule has 10 atom stereocenters. The second kappa shape index (κ2) is 8.03. The summed E-state index contributed by atoms with van der Waals surface area (Å²) >= 11 is 0. The maximum absolute atomic E-state index is 11.3. The van der Waals surface area contributed by atoms with Crippen LogP contribution in [0.15, 0.2) is 0 Å². The molecule has 3 heteroatoms. The van der Waals surface area contributed by atoms with Crippen LogP contribution in [0.5, 0.6) is 0 Å². The minimum absolute atomic E-state index is 0.0309. The van der Waals surface area contributed by atoms with Gasteiger partial charge in [-0.2, -0.15) is 0 Å². The largest absolute Gasteiger partial charge is 0.393 e. The van der Waals surface area contributed by atoms with Gasteiger partial charge in [-0.05, 0) is 97.7 Å². The van der Waals surface area contributed by atoms with Crippen LogP contribution < -0.4 is 5.73 Å². The van der Waals surface area contributed by atoms with E-state index in [2.05, 4.69) is 34.6 Å². The van der Waals surface area contributed by atoms with Crippen LogP contribution in [0.1, 0.15) is 105 Å². The number of aliphatic hydroxyl groups is 2. The molecule has 174 valence electrons. The molecule has 4 saturated carbocycles. The summed E-state index contributed by atoms with van der Waals surface area (Å²) in [5.41, 5.74) is 6.76. The molecule has 4 aliphatic carbocycles. The third-order valence-electron chi connectivity index (χ3n) is 11.2. The highest BCUT2D eigenvalue weighted by atomic mass is 16.3. The van der Waals surface area contributed by atoms with Crippen molar-refractivity contribution in [2.75, 3.05) is 0 Å². The zero-order chi connectivity index (χ0) is 21.9. The normalized spacial score (nSPS) is 51.9. The number of rotatable bonds is 5. The second-order valence-electron chi connectivity index (χ2n) is 13.0. The van der Waals surface area contributed by atoms with Gasteiger partial charge in [-0.3, -0.25) is 0 Å². The van der Waals surface area contributed by atoms with E-state index in [1.54, 1.807) is 0 Å². The molecule has 3 unspecified atom stereocenters. The highest BCUT2D eigenvalue weighted by Crippen LogP contribution is 2.68. The third-order valence-corrected chi connectivity index (χ3v) is 11.2. The van der Waals surface area contributed by atoms with E-state index in [0.717, 1.165) is 42.9 Å². The molecule has 4 fully saturated rings. The Morgan fingerprint density at radius 3 is 2.37 bits per heavy atom. The number of hydrogen-bond acceptors (Lipinski definition) is 3. The van der Waals surface area contributed by atoms with Crippen molar-refractivity contribution in [3.05, 3.63) is 0 Å². The van der Waals surface area contributed by atoms with Crippen molar-refractivity contribution in [3.63, 3.8) is 0 Å². The van der Waals surface area contributed by atoms with Gasteiger partial charge in [0.25, 0.3) is 0 Å². The summed E-state index contributed by atoms with van der Waals surface area (Å²) < 4.78 is 0. The van der Waals surface area contributed by atoms with Gasteiger partial charge < -0.3 is 15.9 Å². The Morgan fingerprint density at radius 2 is 1.67 bits per heavy atom. The van der Waals surface area contributed by atoms with Crippen LogP contribution in [-0.4, -0.2) is 28.0 Å². The topological polar surface area (TPSA) is 66.5 Å². The van der Waals surface area contributed by atoms with Crippen molar-refractivity contribution < 1.29 is 10.2 Å². The quantitative estimate of drug-likeness (QED) is 0.549. The molecule has 0 radical (unpaired) electrons. The lowest BCUT2D eigenvalue weighted by atomic mass is 9.41. The first-order chi connectivity index (χ1) is 14.0. The van der Waals surface area contributed by atoms with Crippen LogP contribution in [0.4, 0.5) is 0 Å². The van der Waals surface area contributed by atoms with E-state index in [9.17, 15) is 10.2 Å². The van der Waals surface area contributed by atoms with Gasteiger partial charge >= 0.3 is 0 Å². The summed E-state index contributed by atoms with van der Waals surface area (Å²) in [4.78, 5) is 0. The highest BCUT2D eigenvalue weighted by molar-refractivity contribution is 5.19. The molecule has 0 spiro atoms. The van der Waals surface area contributed by atoms with Crippen LogP contribution in [0.2, 0.25) is 0 Å². The summed E-state index contributed by atoms with van der Waals surface area (Å²) in [6, 6.07) is 0. The Bertz CT molecular complexity index is 622. The Balaban J connectivity index is 1.53. The van der Waals surface area contributed by atoms with E-state index in [-0.39, 0.29) is 11.5 Å². The van der Waals surface area contributed by atoms with Gasteiger partial charge in [-0.1, -0.05) is 53.9 Å². The molecule has 30 heavy (non-hydrogen) atoms. The maximum atomic E-state index is 11.3. The molecular formula is C27H49NO2. The average molecular weight is 420 g/mol. The van der Waals surface area contributed by atoms with Crippen molar-refractivity contribution in [2.45, 2.75) is 123 Å². The van der Waals surface area contributed by atoms with E-state index in [1.807, 2.05) is 0 Å². The molecule has 0 heterocycles. The minimum Gasteiger partial charge on any atom is -0.393 e. The monoisotopic (exact) mass is 419 g/mol. The van der Waals surface area contributed by atoms with Gasteiger partial charge in [-0.25, -0.2) is 0 Å². The maximum Gasteiger partial charge on any atom is 0.0728 e. The number of nitrogens with two attached hydrogens (primary N) is 1. The first kappa shape index (κ1) is 23.1. The molecule has 4 aliphatic rings. The van der Waals surface area contributed by atoms with Crippen molar-refractivity contribution in [1.82, 2.24) is 0 Å². The van der Waals surface area contributed by atoms with Crippen molar-refractivity contribution in [3.8, 4) is 0 Å². The fraction of sp³-hybridized carbons (Fsp3) is 1.00. The summed E-state index contributed by atoms with van der Waals surface area (Å²) in [6.45, 7) is 12.2. The third kappa shape index (κ3) is 3.41. The zero-order valence-electron chi connectivity index (χ0n) is 20.4. The Hall–Kier alpha value is -0.120. The number of fused-ring (bicyclic) bond motifs is 5. The van der Waals surface area contributed by atoms with Crippen LogP contribution in [0.3, 0.4) is 0 Å². The van der Waals surface area contributed by atoms with Crippen molar-refractivity contribution in [2.24, 2.45) is 52.1 Å². The van der Waals surface area contributed by atoms with E-state index in [0.29, 0.717) is 23.7 Å². The van der Waals surface area contributed by atoms with E-state index >= 15 is 0 Å². The fourth-order valence-electron chi connectivity index (χ4n) is 9.37. The summed E-state index contributed by atoms with van der Waals surface area (Å²) in [6.07, 6.45) is 11.9. The smallest absolute Gasteiger partial charge is 0.0728 e. The molecule has 0 amide bonds. The summed E-state index contributed by atoms with van der Waals surface area (Å²) in [7, 11) is 0. The first-order valence-electron chi connectivity index (χ1n) is 13.2. The lowest BCUT2D eigenvalue weighted by Crippen LogP contribution is -2.72. The van der Waals surface area contributed by atoms with E-state index in [1.165, 1.54) is 44.9 Å². The molecule has 0 aromatic heterocycles. The highest BCUT2D eigenvalue weighted by Gasteiger charge is 2.66. The lowest BCUT2D eigenvalue weighted by Gasteiger charge is -2.66. The standard InChI is InChI=1S/C27H49NO2/c1-17(2)7-6-8-18(3)21-9-10-22-20-15-24(30)27(28)16-19(29)11-14-26(27,5)23(20)12-13-25(21,22)4/h17-24,29-30H,6-16,28H2,1-5H3/t18-,19?,20+,21-,22+,23+,24?,25-,26-,27?/m1/s1. The van der Waals surface area contributed by atoms with Gasteiger partial charge in [-0.15, -0.1) is 0 Å². The molecule has 0 aromatic rings. The Kier molecular flexibility index (Phi) is 6.17. The molecule has 0 aliphatic heterocycles. The van der Waals surface area contributed by atoms with Crippen molar-refractivity contribution in [1.29, 1.82) is 0 Å². The first-order valence-corrected chi connectivity index (χ1v) is 13.2. The predicted molar refractivity (Wildman–Crippen MR) is 124 cm³/mol. The summed E-state index contributed by atoms with van der Waals surface area (Å²) in [5.74, 6) is 4.46. The molecule has 4 rings (SSSR count). The van der Waals surface area contributed by atoms with Crippen molar-refractivity contribution >= 4 is 0 Å². The zero-order valence-corrected chi connectivity index (χ0v) is 20.4. The van der Waals surface area contributed by atoms with E-state index in [4.69, 9.17) is 5.73 Å². The van der Waals surface area contributed by atoms with E-state index < -0.39 is 11.6 Å². The van der Waals surface area contributed by atoms with Gasteiger partial charge in [0, 0.05) is 5.54 Å². The fourth-order valence-corrected chi connectivity index (χ4v) is 9.37. The lowest BCUT2D eigenvalue weighted by molar-refractivity contribution is -0.184. The number of aliphatic hydroxyl groups excluding tert-OH is 2. The minimum atomic E-state index is -0.609. The predicted octanol–water partition coefficient (Wildman–Crippen LogP) is 5.52. The molecule has 3 nitrogen and oxygen atoms in total. The van der Waals surface area contributed by atoms with Crippen LogP contribution in [0, 0.1) is 46.3 Å². The summed E-state index contributed by atoms with van der Waals surface area (Å²) in [5, 5.41) is 21.6. The molecule has 0 aromatic carbocycles. The average Bonchev–Trinajstić information content (AvgIpc) is 3.01. The second-order valence-corrected chi connectivity index (χ2v) is 13.0. The molecule has 0 saturated heterocycles. The Labute approximate surface area is 185 Å².